The fourth-order valence-corrected chi connectivity index (χ4v) is 5.64. The molecule has 0 fully saturated rings. The Morgan fingerprint density at radius 2 is 1.74 bits per heavy atom. The van der Waals surface area contributed by atoms with E-state index < -0.39 is 0 Å². The molecule has 0 nitrogen and oxygen atoms in total. The molecule has 0 atom stereocenters. The molecule has 0 bridgehead atoms. The maximum atomic E-state index is 3.72. The minimum absolute atomic E-state index is 0.109. The third kappa shape index (κ3) is 3.72. The van der Waals surface area contributed by atoms with Crippen LogP contribution in [0.5, 0.6) is 0 Å². The van der Waals surface area contributed by atoms with Gasteiger partial charge in [-0.2, -0.15) is 0 Å². The van der Waals surface area contributed by atoms with Crippen LogP contribution in [0.4, 0.5) is 0 Å². The van der Waals surface area contributed by atoms with Crippen molar-refractivity contribution in [2.75, 3.05) is 10.7 Å². The van der Waals surface area contributed by atoms with Crippen LogP contribution in [-0.4, -0.2) is 10.7 Å². The monoisotopic (exact) mass is 464 g/mol. The summed E-state index contributed by atoms with van der Waals surface area (Å²) in [5.74, 6) is 0. The molecule has 0 aliphatic heterocycles. The number of halogens is 3. The largest absolute Gasteiger partial charge is 0.148 e. The van der Waals surface area contributed by atoms with Crippen molar-refractivity contribution in [3.63, 3.8) is 0 Å². The van der Waals surface area contributed by atoms with Crippen LogP contribution in [0.15, 0.2) is 40.2 Å². The SMILES string of the molecule is Cc1ccc(C(CBr)(CBr)Cc2cc(Br)cs2)cc1. The third-order valence-corrected chi connectivity index (χ3v) is 7.15. The summed E-state index contributed by atoms with van der Waals surface area (Å²) in [7, 11) is 0. The summed E-state index contributed by atoms with van der Waals surface area (Å²) < 4.78 is 1.18. The number of aryl methyl sites for hydroxylation is 1. The van der Waals surface area contributed by atoms with Crippen molar-refractivity contribution in [2.24, 2.45) is 0 Å². The summed E-state index contributed by atoms with van der Waals surface area (Å²) in [6, 6.07) is 11.1. The summed E-state index contributed by atoms with van der Waals surface area (Å²) in [5, 5.41) is 4.05. The van der Waals surface area contributed by atoms with Crippen molar-refractivity contribution in [3.8, 4) is 0 Å². The van der Waals surface area contributed by atoms with Crippen LogP contribution in [0, 0.1) is 6.92 Å². The second-order valence-electron chi connectivity index (χ2n) is 4.82. The maximum Gasteiger partial charge on any atom is 0.0285 e. The summed E-state index contributed by atoms with van der Waals surface area (Å²) in [6.45, 7) is 2.13. The molecule has 2 aromatic rings. The van der Waals surface area contributed by atoms with E-state index in [1.807, 2.05) is 11.3 Å². The number of thiophene rings is 1. The topological polar surface area (TPSA) is 0 Å². The molecule has 0 saturated heterocycles. The predicted octanol–water partition coefficient (Wildman–Crippen LogP) is 6.09. The van der Waals surface area contributed by atoms with Crippen molar-refractivity contribution in [3.05, 3.63) is 56.2 Å². The fourth-order valence-electron chi connectivity index (χ4n) is 2.07. The van der Waals surface area contributed by atoms with Gasteiger partial charge in [0.15, 0.2) is 0 Å². The molecule has 0 unspecified atom stereocenters. The van der Waals surface area contributed by atoms with Crippen molar-refractivity contribution in [2.45, 2.75) is 18.8 Å². The van der Waals surface area contributed by atoms with Gasteiger partial charge >= 0.3 is 0 Å². The molecule has 0 saturated carbocycles. The first kappa shape index (κ1) is 15.7. The van der Waals surface area contributed by atoms with E-state index in [9.17, 15) is 0 Å². The highest BCUT2D eigenvalue weighted by atomic mass is 79.9. The quantitative estimate of drug-likeness (QED) is 0.468. The highest BCUT2D eigenvalue weighted by Gasteiger charge is 2.31. The molecular weight excluding hydrogens is 452 g/mol. The lowest BCUT2D eigenvalue weighted by Crippen LogP contribution is -2.32. The molecule has 0 spiro atoms. The normalized spacial score (nSPS) is 11.8. The molecule has 4 heteroatoms. The van der Waals surface area contributed by atoms with Crippen LogP contribution in [0.3, 0.4) is 0 Å². The van der Waals surface area contributed by atoms with Crippen LogP contribution in [0.25, 0.3) is 0 Å². The van der Waals surface area contributed by atoms with Crippen LogP contribution in [0.1, 0.15) is 16.0 Å². The molecule has 102 valence electrons. The molecule has 19 heavy (non-hydrogen) atoms. The average molecular weight is 467 g/mol. The highest BCUT2D eigenvalue weighted by Crippen LogP contribution is 2.35. The number of hydrogen-bond donors (Lipinski definition) is 0. The van der Waals surface area contributed by atoms with Gasteiger partial charge in [0, 0.05) is 30.8 Å². The highest BCUT2D eigenvalue weighted by molar-refractivity contribution is 9.10. The fraction of sp³-hybridized carbons (Fsp3) is 0.333. The lowest BCUT2D eigenvalue weighted by molar-refractivity contribution is 0.556. The predicted molar refractivity (Wildman–Crippen MR) is 96.2 cm³/mol. The molecule has 2 rings (SSSR count). The second-order valence-corrected chi connectivity index (χ2v) is 7.85. The van der Waals surface area contributed by atoms with Crippen molar-refractivity contribution >= 4 is 59.1 Å². The van der Waals surface area contributed by atoms with Gasteiger partial charge in [0.25, 0.3) is 0 Å². The first-order valence-corrected chi connectivity index (χ1v) is 9.93. The lowest BCUT2D eigenvalue weighted by Gasteiger charge is -2.30. The van der Waals surface area contributed by atoms with Gasteiger partial charge in [-0.25, -0.2) is 0 Å². The molecule has 0 amide bonds. The number of hydrogen-bond acceptors (Lipinski definition) is 1. The zero-order valence-electron chi connectivity index (χ0n) is 10.6. The number of alkyl halides is 2. The van der Waals surface area contributed by atoms with Gasteiger partial charge in [-0.15, -0.1) is 11.3 Å². The van der Waals surface area contributed by atoms with E-state index in [1.54, 1.807) is 0 Å². The molecule has 0 radical (unpaired) electrons. The summed E-state index contributed by atoms with van der Waals surface area (Å²) in [4.78, 5) is 1.41. The van der Waals surface area contributed by atoms with Crippen LogP contribution < -0.4 is 0 Å². The van der Waals surface area contributed by atoms with E-state index in [0.717, 1.165) is 17.1 Å². The van der Waals surface area contributed by atoms with Gasteiger partial charge in [-0.1, -0.05) is 61.7 Å². The van der Waals surface area contributed by atoms with E-state index in [1.165, 1.54) is 20.5 Å². The maximum absolute atomic E-state index is 3.72. The molecule has 0 aliphatic carbocycles. The van der Waals surface area contributed by atoms with E-state index in [4.69, 9.17) is 0 Å². The second kappa shape index (κ2) is 6.88. The van der Waals surface area contributed by atoms with E-state index in [0.29, 0.717) is 0 Å². The smallest absolute Gasteiger partial charge is 0.0285 e. The van der Waals surface area contributed by atoms with Gasteiger partial charge in [0.1, 0.15) is 0 Å². The number of benzene rings is 1. The van der Waals surface area contributed by atoms with Gasteiger partial charge in [-0.05, 0) is 40.9 Å². The Hall–Kier alpha value is 0.360. The minimum Gasteiger partial charge on any atom is -0.148 e. The van der Waals surface area contributed by atoms with E-state index in [-0.39, 0.29) is 5.41 Å². The average Bonchev–Trinajstić information content (AvgIpc) is 2.82. The van der Waals surface area contributed by atoms with Gasteiger partial charge in [0.05, 0.1) is 0 Å². The van der Waals surface area contributed by atoms with E-state index >= 15 is 0 Å². The Morgan fingerprint density at radius 3 is 2.21 bits per heavy atom. The Bertz CT molecular complexity index is 527. The van der Waals surface area contributed by atoms with Crippen LogP contribution >= 0.6 is 59.1 Å². The molecule has 1 aromatic carbocycles. The summed E-state index contributed by atoms with van der Waals surface area (Å²) in [5.41, 5.74) is 2.80. The molecule has 0 N–H and O–H groups in total. The number of rotatable bonds is 5. The Labute approximate surface area is 144 Å². The van der Waals surface area contributed by atoms with Gasteiger partial charge in [0.2, 0.25) is 0 Å². The Kier molecular flexibility index (Phi) is 5.70. The zero-order chi connectivity index (χ0) is 13.9. The first-order chi connectivity index (χ1) is 9.09. The van der Waals surface area contributed by atoms with Crippen molar-refractivity contribution in [1.29, 1.82) is 0 Å². The molecule has 1 heterocycles. The van der Waals surface area contributed by atoms with Gasteiger partial charge < -0.3 is 0 Å². The molecular formula is C15H15Br3S. The zero-order valence-corrected chi connectivity index (χ0v) is 16.2. The lowest BCUT2D eigenvalue weighted by atomic mass is 9.81. The first-order valence-electron chi connectivity index (χ1n) is 6.01. The molecule has 0 aliphatic rings. The third-order valence-electron chi connectivity index (χ3n) is 3.31. The molecule has 1 aromatic heterocycles. The van der Waals surface area contributed by atoms with Crippen molar-refractivity contribution < 1.29 is 0 Å². The summed E-state index contributed by atoms with van der Waals surface area (Å²) in [6.07, 6.45) is 1.04. The Morgan fingerprint density at radius 1 is 1.11 bits per heavy atom. The minimum atomic E-state index is 0.109. The summed E-state index contributed by atoms with van der Waals surface area (Å²) >= 11 is 12.8. The van der Waals surface area contributed by atoms with Gasteiger partial charge in [-0.3, -0.25) is 0 Å². The standard InChI is InChI=1S/C15H15Br3S/c1-11-2-4-12(5-3-11)15(9-16,10-17)7-14-6-13(18)8-19-14/h2-6,8H,7,9-10H2,1H3. The van der Waals surface area contributed by atoms with E-state index in [2.05, 4.69) is 90.4 Å². The van der Waals surface area contributed by atoms with Crippen LogP contribution in [-0.2, 0) is 11.8 Å². The van der Waals surface area contributed by atoms with Crippen molar-refractivity contribution in [1.82, 2.24) is 0 Å². The van der Waals surface area contributed by atoms with Crippen LogP contribution in [0.2, 0.25) is 0 Å². The Balaban J connectivity index is 2.33.